The molecule has 3 heteroatoms. The third-order valence-corrected chi connectivity index (χ3v) is 12.4. The van der Waals surface area contributed by atoms with Gasteiger partial charge in [-0.25, -0.2) is 9.97 Å². The van der Waals surface area contributed by atoms with Crippen LogP contribution in [0.3, 0.4) is 0 Å². The highest BCUT2D eigenvalue weighted by atomic mass is 32.1. The van der Waals surface area contributed by atoms with Gasteiger partial charge in [-0.3, -0.25) is 0 Å². The summed E-state index contributed by atoms with van der Waals surface area (Å²) in [6.45, 7) is 0. The molecule has 0 atom stereocenters. The molecule has 0 unspecified atom stereocenters. The van der Waals surface area contributed by atoms with E-state index in [1.807, 2.05) is 35.6 Å². The number of hydrogen-bond donors (Lipinski definition) is 0. The first kappa shape index (κ1) is 29.0. The van der Waals surface area contributed by atoms with Gasteiger partial charge in [-0.2, -0.15) is 0 Å². The normalized spacial score (nSPS) is 12.2. The Morgan fingerprint density at radius 1 is 0.302 bits per heavy atom. The first-order chi connectivity index (χ1) is 26.3. The van der Waals surface area contributed by atoms with E-state index >= 15 is 0 Å². The molecular weight excluding hydrogens is 661 g/mol. The van der Waals surface area contributed by atoms with E-state index in [2.05, 4.69) is 146 Å². The summed E-state index contributed by atoms with van der Waals surface area (Å²) in [6.07, 6.45) is 0. The van der Waals surface area contributed by atoms with Crippen LogP contribution in [0.5, 0.6) is 0 Å². The monoisotopic (exact) mass is 688 g/mol. The fraction of sp³-hybridized carbons (Fsp3) is 0. The molecule has 244 valence electrons. The van der Waals surface area contributed by atoms with Gasteiger partial charge in [-0.05, 0) is 89.6 Å². The Morgan fingerprint density at radius 2 is 0.755 bits per heavy atom. The van der Waals surface area contributed by atoms with Crippen molar-refractivity contribution in [2.24, 2.45) is 0 Å². The molecule has 0 aliphatic carbocycles. The molecule has 0 bridgehead atoms. The average molecular weight is 689 g/mol. The summed E-state index contributed by atoms with van der Waals surface area (Å²) in [6, 6.07) is 61.7. The number of rotatable bonds is 2. The van der Waals surface area contributed by atoms with Crippen LogP contribution < -0.4 is 0 Å². The molecule has 2 aromatic heterocycles. The lowest BCUT2D eigenvalue weighted by Gasteiger charge is -2.14. The number of fused-ring (bicyclic) bond motifs is 17. The Morgan fingerprint density at radius 3 is 1.43 bits per heavy atom. The van der Waals surface area contributed by atoms with E-state index in [0.29, 0.717) is 0 Å². The second-order valence-electron chi connectivity index (χ2n) is 14.0. The van der Waals surface area contributed by atoms with Crippen molar-refractivity contribution in [3.05, 3.63) is 170 Å². The Hall–Kier alpha value is -6.68. The van der Waals surface area contributed by atoms with Crippen molar-refractivity contribution in [2.75, 3.05) is 0 Å². The summed E-state index contributed by atoms with van der Waals surface area (Å²) < 4.78 is 2.67. The van der Waals surface area contributed by atoms with E-state index in [9.17, 15) is 0 Å². The molecule has 0 saturated heterocycles. The summed E-state index contributed by atoms with van der Waals surface area (Å²) in [5.41, 5.74) is 5.71. The zero-order valence-electron chi connectivity index (χ0n) is 28.5. The van der Waals surface area contributed by atoms with Crippen molar-refractivity contribution in [3.63, 3.8) is 0 Å². The number of hydrogen-bond acceptors (Lipinski definition) is 3. The van der Waals surface area contributed by atoms with Gasteiger partial charge in [0.25, 0.3) is 0 Å². The summed E-state index contributed by atoms with van der Waals surface area (Å²) in [4.78, 5) is 10.4. The van der Waals surface area contributed by atoms with Gasteiger partial charge in [0.1, 0.15) is 0 Å². The van der Waals surface area contributed by atoms with Crippen LogP contribution in [0.1, 0.15) is 0 Å². The maximum Gasteiger partial charge on any atom is 0.0973 e. The first-order valence-electron chi connectivity index (χ1n) is 18.1. The molecule has 0 aliphatic heterocycles. The lowest BCUT2D eigenvalue weighted by atomic mass is 9.91. The predicted molar refractivity (Wildman–Crippen MR) is 228 cm³/mol. The molecule has 2 nitrogen and oxygen atoms in total. The van der Waals surface area contributed by atoms with Gasteiger partial charge in [-0.1, -0.05) is 140 Å². The van der Waals surface area contributed by atoms with Crippen LogP contribution in [0.2, 0.25) is 0 Å². The molecule has 0 radical (unpaired) electrons. The van der Waals surface area contributed by atoms with Crippen LogP contribution in [0.15, 0.2) is 170 Å². The maximum atomic E-state index is 5.24. The number of benzene rings is 10. The van der Waals surface area contributed by atoms with E-state index in [4.69, 9.17) is 9.97 Å². The van der Waals surface area contributed by atoms with Crippen LogP contribution in [0.4, 0.5) is 0 Å². The van der Waals surface area contributed by atoms with Crippen LogP contribution in [0.25, 0.3) is 118 Å². The third kappa shape index (κ3) is 4.14. The highest BCUT2D eigenvalue weighted by molar-refractivity contribution is 7.27. The lowest BCUT2D eigenvalue weighted by molar-refractivity contribution is 1.29. The Labute approximate surface area is 308 Å². The van der Waals surface area contributed by atoms with Gasteiger partial charge < -0.3 is 0 Å². The van der Waals surface area contributed by atoms with Crippen molar-refractivity contribution >= 4 is 107 Å². The van der Waals surface area contributed by atoms with Crippen molar-refractivity contribution in [2.45, 2.75) is 0 Å². The van der Waals surface area contributed by atoms with Crippen molar-refractivity contribution < 1.29 is 0 Å². The molecule has 0 N–H and O–H groups in total. The molecule has 53 heavy (non-hydrogen) atoms. The van der Waals surface area contributed by atoms with E-state index < -0.39 is 0 Å². The Bertz CT molecular complexity index is 3490. The molecule has 2 heterocycles. The fourth-order valence-corrected chi connectivity index (χ4v) is 10.1. The van der Waals surface area contributed by atoms with Crippen LogP contribution in [-0.4, -0.2) is 9.97 Å². The standard InChI is InChI=1S/C50H28N2S/c1-2-12-29(13-3-1)48-49(52-45-21-11-10-20-44(45)51-48)30-22-23-36-38-24-25-39-43-27-41-33-16-6-4-14-31(33)32-15-5-7-17-34(32)42(41)28-46(43)53-50(39)47(38)37-19-9-8-18-35(37)40(36)26-30/h1-28H. The lowest BCUT2D eigenvalue weighted by Crippen LogP contribution is -1.95. The molecule has 0 amide bonds. The van der Waals surface area contributed by atoms with Crippen LogP contribution in [-0.2, 0) is 0 Å². The Balaban J connectivity index is 1.15. The number of thiophene rings is 1. The van der Waals surface area contributed by atoms with Crippen LogP contribution >= 0.6 is 11.3 Å². The van der Waals surface area contributed by atoms with Crippen molar-refractivity contribution in [3.8, 4) is 22.5 Å². The molecule has 12 rings (SSSR count). The molecule has 12 aromatic rings. The van der Waals surface area contributed by atoms with Crippen molar-refractivity contribution in [1.82, 2.24) is 9.97 Å². The Kier molecular flexibility index (Phi) is 5.96. The topological polar surface area (TPSA) is 25.8 Å². The van der Waals surface area contributed by atoms with E-state index in [1.165, 1.54) is 84.8 Å². The highest BCUT2D eigenvalue weighted by Crippen LogP contribution is 2.47. The zero-order chi connectivity index (χ0) is 34.6. The molecular formula is C50H28N2S. The van der Waals surface area contributed by atoms with Crippen molar-refractivity contribution in [1.29, 1.82) is 0 Å². The van der Waals surface area contributed by atoms with E-state index in [1.54, 1.807) is 0 Å². The summed E-state index contributed by atoms with van der Waals surface area (Å²) in [5, 5.41) is 18.1. The van der Waals surface area contributed by atoms with E-state index in [-0.39, 0.29) is 0 Å². The number of nitrogens with zero attached hydrogens (tertiary/aromatic N) is 2. The van der Waals surface area contributed by atoms with Gasteiger partial charge in [0.15, 0.2) is 0 Å². The quantitative estimate of drug-likeness (QED) is 0.169. The third-order valence-electron chi connectivity index (χ3n) is 11.2. The molecule has 0 aliphatic rings. The maximum absolute atomic E-state index is 5.24. The van der Waals surface area contributed by atoms with Gasteiger partial charge in [0.2, 0.25) is 0 Å². The predicted octanol–water partition coefficient (Wildman–Crippen LogP) is 14.3. The summed E-state index contributed by atoms with van der Waals surface area (Å²) >= 11 is 1.93. The largest absolute Gasteiger partial charge is 0.244 e. The second-order valence-corrected chi connectivity index (χ2v) is 15.1. The minimum atomic E-state index is 0.895. The van der Waals surface area contributed by atoms with Gasteiger partial charge >= 0.3 is 0 Å². The molecule has 10 aromatic carbocycles. The minimum Gasteiger partial charge on any atom is -0.244 e. The zero-order valence-corrected chi connectivity index (χ0v) is 29.3. The first-order valence-corrected chi connectivity index (χ1v) is 18.9. The van der Waals surface area contributed by atoms with Gasteiger partial charge in [0.05, 0.1) is 22.4 Å². The minimum absolute atomic E-state index is 0.895. The second kappa shape index (κ2) is 10.9. The van der Waals surface area contributed by atoms with Gasteiger partial charge in [-0.15, -0.1) is 11.3 Å². The van der Waals surface area contributed by atoms with Gasteiger partial charge in [0, 0.05) is 36.7 Å². The molecule has 0 saturated carbocycles. The van der Waals surface area contributed by atoms with E-state index in [0.717, 1.165) is 33.5 Å². The molecule has 0 fully saturated rings. The van der Waals surface area contributed by atoms with Crippen LogP contribution in [0, 0.1) is 0 Å². The smallest absolute Gasteiger partial charge is 0.0973 e. The number of para-hydroxylation sites is 2. The fourth-order valence-electron chi connectivity index (χ4n) is 8.81. The summed E-state index contributed by atoms with van der Waals surface area (Å²) in [7, 11) is 0. The average Bonchev–Trinajstić information content (AvgIpc) is 3.60. The SMILES string of the molecule is c1ccc(-c2nc3ccccc3nc2-c2ccc3c(c2)c2ccccc2c2c3ccc3c4cc5c6ccccc6c6ccccc6c5cc4sc32)cc1. The summed E-state index contributed by atoms with van der Waals surface area (Å²) in [5.74, 6) is 0. The highest BCUT2D eigenvalue weighted by Gasteiger charge is 2.19. The molecule has 0 spiro atoms. The number of aromatic nitrogens is 2.